The molecule has 0 saturated carbocycles. The molecule has 0 fully saturated rings. The van der Waals surface area contributed by atoms with Crippen LogP contribution < -0.4 is 29.6 Å². The van der Waals surface area contributed by atoms with Crippen molar-refractivity contribution in [3.05, 3.63) is 78.3 Å². The first kappa shape index (κ1) is 13.0. The largest absolute Gasteiger partial charge is 1.00 e. The summed E-state index contributed by atoms with van der Waals surface area (Å²) in [5, 5.41) is 0. The van der Waals surface area contributed by atoms with Gasteiger partial charge in [0.1, 0.15) is 0 Å². The zero-order valence-corrected chi connectivity index (χ0v) is 11.4. The van der Waals surface area contributed by atoms with Crippen molar-refractivity contribution in [3.8, 4) is 0 Å². The van der Waals surface area contributed by atoms with Crippen molar-refractivity contribution in [1.29, 1.82) is 0 Å². The summed E-state index contributed by atoms with van der Waals surface area (Å²) in [5.74, 6) is 0. The van der Waals surface area contributed by atoms with Crippen LogP contribution in [0.2, 0.25) is 0 Å². The monoisotopic (exact) mass is 217 g/mol. The van der Waals surface area contributed by atoms with E-state index in [1.54, 1.807) is 0 Å². The minimum atomic E-state index is 0. The molecular weight excluding hydrogens is 205 g/mol. The van der Waals surface area contributed by atoms with E-state index in [2.05, 4.69) is 4.99 Å². The van der Waals surface area contributed by atoms with Gasteiger partial charge < -0.3 is 4.99 Å². The fourth-order valence-corrected chi connectivity index (χ4v) is 1.29. The predicted molar refractivity (Wildman–Crippen MR) is 63.9 cm³/mol. The average Bonchev–Trinajstić information content (AvgIpc) is 2.32. The summed E-state index contributed by atoms with van der Waals surface area (Å²) in [6.45, 7) is 1.85. The average molecular weight is 217 g/mol. The number of hydrogen-bond donors (Lipinski definition) is 0. The Kier molecular flexibility index (Phi) is 5.94. The molecule has 2 rings (SSSR count). The van der Waals surface area contributed by atoms with Crippen LogP contribution >= 0.6 is 0 Å². The Morgan fingerprint density at radius 1 is 0.812 bits per heavy atom. The van der Waals surface area contributed by atoms with Gasteiger partial charge in [-0.15, -0.1) is 29.8 Å². The summed E-state index contributed by atoms with van der Waals surface area (Å²) in [6, 6.07) is 20.1. The van der Waals surface area contributed by atoms with Crippen molar-refractivity contribution in [1.82, 2.24) is 0 Å². The summed E-state index contributed by atoms with van der Waals surface area (Å²) < 4.78 is 0. The number of hydrogen-bond acceptors (Lipinski definition) is 1. The fourth-order valence-electron chi connectivity index (χ4n) is 1.29. The first-order valence-electron chi connectivity index (χ1n) is 4.92. The Bertz CT molecular complexity index is 423. The maximum Gasteiger partial charge on any atom is 1.00 e. The van der Waals surface area contributed by atoms with E-state index in [0.29, 0.717) is 0 Å². The Morgan fingerprint density at radius 3 is 2.00 bits per heavy atom. The van der Waals surface area contributed by atoms with Gasteiger partial charge in [-0.1, -0.05) is 42.9 Å². The second-order valence-corrected chi connectivity index (χ2v) is 3.23. The molecule has 0 amide bonds. The summed E-state index contributed by atoms with van der Waals surface area (Å²) >= 11 is 0. The van der Waals surface area contributed by atoms with Gasteiger partial charge >= 0.3 is 29.6 Å². The van der Waals surface area contributed by atoms with E-state index in [0.717, 1.165) is 11.1 Å². The number of benzene rings is 2. The molecule has 0 aliphatic carbocycles. The van der Waals surface area contributed by atoms with Gasteiger partial charge in [-0.3, -0.25) is 0 Å². The minimum absolute atomic E-state index is 0. The van der Waals surface area contributed by atoms with E-state index < -0.39 is 0 Å². The van der Waals surface area contributed by atoms with E-state index in [4.69, 9.17) is 0 Å². The molecule has 0 heterocycles. The molecule has 0 saturated heterocycles. The molecule has 2 aromatic rings. The molecule has 0 aliphatic rings. The zero-order chi connectivity index (χ0) is 10.3. The van der Waals surface area contributed by atoms with Crippen LogP contribution in [0.25, 0.3) is 0 Å². The van der Waals surface area contributed by atoms with Crippen molar-refractivity contribution in [2.75, 3.05) is 0 Å². The predicted octanol–water partition coefficient (Wildman–Crippen LogP) is 0.320. The van der Waals surface area contributed by atoms with E-state index in [9.17, 15) is 0 Å². The van der Waals surface area contributed by atoms with E-state index in [-0.39, 0.29) is 29.6 Å². The van der Waals surface area contributed by atoms with Crippen LogP contribution in [0.5, 0.6) is 0 Å². The normalized spacial score (nSPS) is 9.75. The van der Waals surface area contributed by atoms with E-state index >= 15 is 0 Å². The van der Waals surface area contributed by atoms with Crippen molar-refractivity contribution < 1.29 is 29.6 Å². The van der Waals surface area contributed by atoms with Crippen molar-refractivity contribution >= 4 is 6.21 Å². The van der Waals surface area contributed by atoms with Gasteiger partial charge in [0.15, 0.2) is 0 Å². The third-order valence-electron chi connectivity index (χ3n) is 2.05. The zero-order valence-electron chi connectivity index (χ0n) is 9.38. The van der Waals surface area contributed by atoms with Crippen LogP contribution in [-0.4, -0.2) is 6.21 Å². The van der Waals surface area contributed by atoms with Crippen molar-refractivity contribution in [3.63, 3.8) is 0 Å². The van der Waals surface area contributed by atoms with Gasteiger partial charge in [-0.05, 0) is 11.8 Å². The molecule has 0 unspecified atom stereocenters. The van der Waals surface area contributed by atoms with E-state index in [1.165, 1.54) is 0 Å². The molecule has 16 heavy (non-hydrogen) atoms. The maximum absolute atomic E-state index is 4.26. The topological polar surface area (TPSA) is 12.4 Å². The summed E-state index contributed by atoms with van der Waals surface area (Å²) in [6.07, 6.45) is 1.85. The second-order valence-electron chi connectivity index (χ2n) is 3.23. The molecule has 0 aromatic heterocycles. The molecule has 2 aromatic carbocycles. The summed E-state index contributed by atoms with van der Waals surface area (Å²) in [7, 11) is 0. The first-order valence-corrected chi connectivity index (χ1v) is 4.92. The molecule has 1 nitrogen and oxygen atoms in total. The van der Waals surface area contributed by atoms with Crippen molar-refractivity contribution in [2.24, 2.45) is 4.99 Å². The van der Waals surface area contributed by atoms with Crippen LogP contribution in [0, 0.1) is 6.54 Å². The van der Waals surface area contributed by atoms with E-state index in [1.807, 2.05) is 73.4 Å². The third kappa shape index (κ3) is 4.23. The van der Waals surface area contributed by atoms with Crippen LogP contribution in [0.1, 0.15) is 11.1 Å². The van der Waals surface area contributed by atoms with Gasteiger partial charge in [-0.25, -0.2) is 0 Å². The SMILES string of the molecule is C(=N[CH-]c1ccccc1)c1ccccc1.[Na+]. The minimum Gasteiger partial charge on any atom is -0.358 e. The summed E-state index contributed by atoms with van der Waals surface area (Å²) in [4.78, 5) is 4.26. The number of rotatable bonds is 3. The maximum atomic E-state index is 4.26. The number of nitrogens with zero attached hydrogens (tertiary/aromatic N) is 1. The van der Waals surface area contributed by atoms with Crippen molar-refractivity contribution in [2.45, 2.75) is 0 Å². The van der Waals surface area contributed by atoms with Gasteiger partial charge in [0, 0.05) is 0 Å². The Morgan fingerprint density at radius 2 is 1.38 bits per heavy atom. The smallest absolute Gasteiger partial charge is 0.358 e. The van der Waals surface area contributed by atoms with Crippen LogP contribution in [0.3, 0.4) is 0 Å². The molecule has 74 valence electrons. The number of aliphatic imine (C=N–C) groups is 1. The van der Waals surface area contributed by atoms with Crippen LogP contribution in [0.4, 0.5) is 0 Å². The fraction of sp³-hybridized carbons (Fsp3) is 0. The first-order chi connectivity index (χ1) is 7.45. The van der Waals surface area contributed by atoms with Crippen LogP contribution in [-0.2, 0) is 0 Å². The Hall–Kier alpha value is -1.02. The molecular formula is C14H12NNa. The Labute approximate surface area is 119 Å². The standard InChI is InChI=1S/C14H12N.Na/c1-3-7-13(8-4-1)11-15-12-14-9-5-2-6-10-14;/h1-12H;/q-1;+1. The molecule has 0 spiro atoms. The quantitative estimate of drug-likeness (QED) is 0.399. The summed E-state index contributed by atoms with van der Waals surface area (Å²) in [5.41, 5.74) is 2.23. The molecule has 0 atom stereocenters. The molecule has 0 radical (unpaired) electrons. The van der Waals surface area contributed by atoms with Gasteiger partial charge in [0.25, 0.3) is 0 Å². The molecule has 0 bridgehead atoms. The van der Waals surface area contributed by atoms with Gasteiger partial charge in [0.05, 0.1) is 0 Å². The second kappa shape index (κ2) is 7.29. The third-order valence-corrected chi connectivity index (χ3v) is 2.05. The van der Waals surface area contributed by atoms with Crippen LogP contribution in [0.15, 0.2) is 65.7 Å². The molecule has 0 N–H and O–H groups in total. The van der Waals surface area contributed by atoms with Gasteiger partial charge in [-0.2, -0.15) is 0 Å². The molecule has 0 aliphatic heterocycles. The Balaban J connectivity index is 0.00000128. The molecule has 2 heteroatoms. The van der Waals surface area contributed by atoms with Gasteiger partial charge in [0.2, 0.25) is 0 Å².